The van der Waals surface area contributed by atoms with Gasteiger partial charge in [-0.05, 0) is 0 Å². The predicted molar refractivity (Wildman–Crippen MR) is 86.8 cm³/mol. The first-order valence-corrected chi connectivity index (χ1v) is 7.85. The molecule has 0 aliphatic heterocycles. The second-order valence-electron chi connectivity index (χ2n) is 5.58. The molecule has 0 aromatic heterocycles. The van der Waals surface area contributed by atoms with Crippen molar-refractivity contribution in [3.05, 3.63) is 52.1 Å². The Kier molecular flexibility index (Phi) is 6.92. The second-order valence-corrected chi connectivity index (χ2v) is 5.58. The van der Waals surface area contributed by atoms with Crippen molar-refractivity contribution in [2.75, 3.05) is 19.5 Å². The molecule has 0 unspecified atom stereocenters. The van der Waals surface area contributed by atoms with Gasteiger partial charge >= 0.3 is 12.2 Å². The fourth-order valence-corrected chi connectivity index (χ4v) is 2.40. The number of anilines is 1. The Labute approximate surface area is 167 Å². The first kappa shape index (κ1) is 23.7. The van der Waals surface area contributed by atoms with E-state index in [2.05, 4.69) is 9.47 Å². The van der Waals surface area contributed by atoms with Gasteiger partial charge in [-0.15, -0.1) is 0 Å². The topological polar surface area (TPSA) is 76.7 Å². The van der Waals surface area contributed by atoms with Gasteiger partial charge in [0.1, 0.15) is 5.69 Å². The summed E-state index contributed by atoms with van der Waals surface area (Å²) in [5.41, 5.74) is -7.35. The summed E-state index contributed by atoms with van der Waals surface area (Å²) in [4.78, 5) is 22.0. The molecule has 2 aromatic rings. The van der Waals surface area contributed by atoms with Crippen molar-refractivity contribution in [3.8, 4) is 11.1 Å². The van der Waals surface area contributed by atoms with Crippen LogP contribution < -0.4 is 10.6 Å². The molecule has 0 spiro atoms. The molecule has 2 amide bonds. The van der Waals surface area contributed by atoms with Gasteiger partial charge in [0, 0.05) is 5.56 Å². The van der Waals surface area contributed by atoms with Crippen LogP contribution in [-0.4, -0.2) is 26.4 Å². The molecule has 0 aliphatic rings. The third kappa shape index (κ3) is 4.18. The quantitative estimate of drug-likeness (QED) is 0.523. The van der Waals surface area contributed by atoms with Crippen molar-refractivity contribution in [2.45, 2.75) is 6.54 Å². The van der Waals surface area contributed by atoms with Gasteiger partial charge in [-0.1, -0.05) is 0 Å². The van der Waals surface area contributed by atoms with Gasteiger partial charge in [0.05, 0.1) is 31.9 Å². The monoisotopic (exact) mass is 458 g/mol. The zero-order valence-corrected chi connectivity index (χ0v) is 15.4. The Morgan fingerprint density at radius 2 is 1.03 bits per heavy atom. The molecule has 2 aromatic carbocycles. The van der Waals surface area contributed by atoms with Crippen LogP contribution >= 0.6 is 0 Å². The minimum Gasteiger partial charge on any atom is -0.453 e. The van der Waals surface area contributed by atoms with Crippen molar-refractivity contribution in [2.24, 2.45) is 0 Å². The summed E-state index contributed by atoms with van der Waals surface area (Å²) in [5.74, 6) is -18.9. The van der Waals surface area contributed by atoms with Crippen LogP contribution in [0.5, 0.6) is 0 Å². The van der Waals surface area contributed by atoms with Crippen molar-refractivity contribution in [3.63, 3.8) is 0 Å². The number of benzene rings is 2. The molecule has 14 heteroatoms. The first-order chi connectivity index (χ1) is 14.5. The van der Waals surface area contributed by atoms with Crippen LogP contribution in [0.2, 0.25) is 0 Å². The number of hydrogen-bond donors (Lipinski definition) is 2. The number of nitrogens with one attached hydrogen (secondary N) is 2. The lowest BCUT2D eigenvalue weighted by atomic mass is 9.98. The summed E-state index contributed by atoms with van der Waals surface area (Å²) in [7, 11) is 1.62. The van der Waals surface area contributed by atoms with Crippen molar-refractivity contribution in [1.82, 2.24) is 5.32 Å². The van der Waals surface area contributed by atoms with Gasteiger partial charge in [-0.3, -0.25) is 5.32 Å². The van der Waals surface area contributed by atoms with Crippen molar-refractivity contribution in [1.29, 1.82) is 0 Å². The number of ether oxygens (including phenoxy) is 2. The smallest absolute Gasteiger partial charge is 0.411 e. The highest BCUT2D eigenvalue weighted by atomic mass is 19.2. The van der Waals surface area contributed by atoms with Gasteiger partial charge in [0.25, 0.3) is 0 Å². The highest BCUT2D eigenvalue weighted by molar-refractivity contribution is 5.86. The highest BCUT2D eigenvalue weighted by Crippen LogP contribution is 2.39. The molecule has 0 bridgehead atoms. The fourth-order valence-electron chi connectivity index (χ4n) is 2.40. The van der Waals surface area contributed by atoms with Gasteiger partial charge in [0.15, 0.2) is 46.5 Å². The molecule has 0 saturated heterocycles. The highest BCUT2D eigenvalue weighted by Gasteiger charge is 2.34. The lowest BCUT2D eigenvalue weighted by molar-refractivity contribution is 0.170. The van der Waals surface area contributed by atoms with E-state index in [-0.39, 0.29) is 0 Å². The lowest BCUT2D eigenvalue weighted by Gasteiger charge is -2.16. The summed E-state index contributed by atoms with van der Waals surface area (Å²) in [5, 5.41) is 3.03. The van der Waals surface area contributed by atoms with E-state index in [0.717, 1.165) is 14.2 Å². The Hall–Kier alpha value is -3.58. The maximum atomic E-state index is 14.4. The number of halogens is 8. The Balaban J connectivity index is 2.75. The third-order valence-corrected chi connectivity index (χ3v) is 3.88. The van der Waals surface area contributed by atoms with Crippen LogP contribution in [0.25, 0.3) is 11.1 Å². The van der Waals surface area contributed by atoms with Gasteiger partial charge in [0.2, 0.25) is 0 Å². The normalized spacial score (nSPS) is 10.6. The van der Waals surface area contributed by atoms with E-state index >= 15 is 0 Å². The molecule has 6 nitrogen and oxygen atoms in total. The minimum atomic E-state index is -2.47. The van der Waals surface area contributed by atoms with Crippen LogP contribution in [0, 0.1) is 46.5 Å². The number of methoxy groups -OCH3 is 2. The number of rotatable bonds is 4. The second kappa shape index (κ2) is 9.06. The number of hydrogen-bond acceptors (Lipinski definition) is 4. The van der Waals surface area contributed by atoms with Crippen LogP contribution in [0.1, 0.15) is 5.56 Å². The first-order valence-electron chi connectivity index (χ1n) is 7.85. The predicted octanol–water partition coefficient (Wildman–Crippen LogP) is 4.50. The minimum absolute atomic E-state index is 0.749. The molecule has 168 valence electrons. The van der Waals surface area contributed by atoms with E-state index in [4.69, 9.17) is 0 Å². The van der Waals surface area contributed by atoms with Crippen molar-refractivity contribution < 1.29 is 54.2 Å². The van der Waals surface area contributed by atoms with E-state index in [9.17, 15) is 44.7 Å². The summed E-state index contributed by atoms with van der Waals surface area (Å²) in [6, 6.07) is 0. The van der Waals surface area contributed by atoms with Crippen molar-refractivity contribution >= 4 is 17.9 Å². The third-order valence-electron chi connectivity index (χ3n) is 3.88. The number of carbonyl (C=O) groups excluding carboxylic acids is 2. The zero-order valence-electron chi connectivity index (χ0n) is 15.4. The van der Waals surface area contributed by atoms with Crippen LogP contribution in [0.3, 0.4) is 0 Å². The SMILES string of the molecule is COC(=O)NCc1c(F)c(F)c(-c2c(F)c(F)c(NC(=O)OC)c(F)c2F)c(F)c1F. The molecule has 0 fully saturated rings. The average Bonchev–Trinajstić information content (AvgIpc) is 2.75. The molecule has 2 N–H and O–H groups in total. The molecule has 31 heavy (non-hydrogen) atoms. The zero-order chi connectivity index (χ0) is 23.6. The van der Waals surface area contributed by atoms with E-state index in [1.165, 1.54) is 5.32 Å². The Morgan fingerprint density at radius 3 is 1.42 bits per heavy atom. The summed E-state index contributed by atoms with van der Waals surface area (Å²) >= 11 is 0. The van der Waals surface area contributed by atoms with E-state index in [0.29, 0.717) is 0 Å². The standard InChI is InChI=1S/C17H10F8N2O4/c1-30-16(28)26-3-4-7(18)9(20)5(10(21)8(4)19)6-11(22)13(24)15(14(25)12(6)23)27-17(29)31-2/h3H2,1-2H3,(H,26,28)(H,27,29). The van der Waals surface area contributed by atoms with E-state index in [1.54, 1.807) is 5.32 Å². The van der Waals surface area contributed by atoms with Gasteiger partial charge in [-0.2, -0.15) is 0 Å². The average molecular weight is 458 g/mol. The maximum absolute atomic E-state index is 14.4. The summed E-state index contributed by atoms with van der Waals surface area (Å²) < 4.78 is 122. The van der Waals surface area contributed by atoms with Gasteiger partial charge in [-0.25, -0.2) is 44.7 Å². The number of alkyl carbamates (subject to hydrolysis) is 1. The molecular weight excluding hydrogens is 448 g/mol. The Bertz CT molecular complexity index is 1020. The van der Waals surface area contributed by atoms with Crippen LogP contribution in [0.15, 0.2) is 0 Å². The molecular formula is C17H10F8N2O4. The van der Waals surface area contributed by atoms with E-state index in [1.807, 2.05) is 0 Å². The maximum Gasteiger partial charge on any atom is 0.411 e. The fraction of sp³-hybridized carbons (Fsp3) is 0.176. The van der Waals surface area contributed by atoms with Gasteiger partial charge < -0.3 is 14.8 Å². The molecule has 0 atom stereocenters. The van der Waals surface area contributed by atoms with Crippen LogP contribution in [-0.2, 0) is 16.0 Å². The number of amides is 2. The molecule has 2 rings (SSSR count). The number of carbonyl (C=O) groups is 2. The van der Waals surface area contributed by atoms with E-state index < -0.39 is 87.6 Å². The lowest BCUT2D eigenvalue weighted by Crippen LogP contribution is -2.24. The van der Waals surface area contributed by atoms with Crippen LogP contribution in [0.4, 0.5) is 50.4 Å². The molecule has 0 radical (unpaired) electrons. The molecule has 0 heterocycles. The summed E-state index contributed by atoms with van der Waals surface area (Å²) in [6.07, 6.45) is -2.79. The molecule has 0 saturated carbocycles. The molecule has 0 aliphatic carbocycles. The Morgan fingerprint density at radius 1 is 0.645 bits per heavy atom. The summed E-state index contributed by atoms with van der Waals surface area (Å²) in [6.45, 7) is -1.14. The largest absolute Gasteiger partial charge is 0.453 e.